The Kier molecular flexibility index (Phi) is 6.77. The number of ether oxygens (including phenoxy) is 1. The van der Waals surface area contributed by atoms with Crippen molar-refractivity contribution < 1.29 is 9.53 Å². The number of nitrogens with zero attached hydrogens (tertiary/aromatic N) is 2. The zero-order chi connectivity index (χ0) is 22.3. The second-order valence-electron chi connectivity index (χ2n) is 7.08. The fourth-order valence-corrected chi connectivity index (χ4v) is 3.35. The zero-order valence-corrected chi connectivity index (χ0v) is 18.7. The van der Waals surface area contributed by atoms with Crippen LogP contribution >= 0.6 is 15.9 Å². The molecular weight excluding hydrogens is 470 g/mol. The van der Waals surface area contributed by atoms with Crippen molar-refractivity contribution in [2.75, 3.05) is 0 Å². The number of aromatic nitrogens is 2. The molecule has 0 radical (unpaired) electrons. The highest BCUT2D eigenvalue weighted by Gasteiger charge is 2.14. The van der Waals surface area contributed by atoms with Gasteiger partial charge in [-0.15, -0.1) is 0 Å². The Morgan fingerprint density at radius 3 is 2.44 bits per heavy atom. The van der Waals surface area contributed by atoms with Gasteiger partial charge in [-0.05, 0) is 53.6 Å². The molecule has 0 aliphatic rings. The van der Waals surface area contributed by atoms with Gasteiger partial charge in [-0.25, -0.2) is 4.98 Å². The van der Waals surface area contributed by atoms with E-state index in [-0.39, 0.29) is 17.3 Å². The van der Waals surface area contributed by atoms with Crippen LogP contribution in [-0.4, -0.2) is 15.5 Å². The smallest absolute Gasteiger partial charge is 0.257 e. The first-order valence-electron chi connectivity index (χ1n) is 9.98. The van der Waals surface area contributed by atoms with Crippen LogP contribution in [0.2, 0.25) is 0 Å². The fraction of sp³-hybridized carbons (Fsp3) is 0.0800. The summed E-state index contributed by atoms with van der Waals surface area (Å²) in [5.74, 6) is 0.565. The van der Waals surface area contributed by atoms with Crippen molar-refractivity contribution in [3.63, 3.8) is 0 Å². The van der Waals surface area contributed by atoms with Gasteiger partial charge < -0.3 is 14.6 Å². The van der Waals surface area contributed by atoms with Gasteiger partial charge in [0.2, 0.25) is 5.88 Å². The van der Waals surface area contributed by atoms with E-state index in [2.05, 4.69) is 26.2 Å². The molecule has 0 spiro atoms. The molecule has 0 fully saturated rings. The molecule has 0 bridgehead atoms. The number of carbonyl (C=O) groups excluding carboxylic acids is 1. The van der Waals surface area contributed by atoms with Crippen molar-refractivity contribution in [2.45, 2.75) is 13.1 Å². The standard InChI is InChI=1S/C25H20BrN3O3/c26-20-10-12-21(13-11-20)32-25-22(4-3-14-27-25)24(31)28-16-18-6-8-19(9-7-18)17-29-15-2-1-5-23(29)30/h1-15H,16-17H2,(H,28,31). The average Bonchev–Trinajstić information content (AvgIpc) is 2.82. The van der Waals surface area contributed by atoms with Crippen LogP contribution in [-0.2, 0) is 13.1 Å². The van der Waals surface area contributed by atoms with Crippen molar-refractivity contribution in [3.05, 3.63) is 123 Å². The van der Waals surface area contributed by atoms with Crippen LogP contribution < -0.4 is 15.6 Å². The van der Waals surface area contributed by atoms with E-state index in [1.165, 1.54) is 6.07 Å². The number of rotatable bonds is 7. The van der Waals surface area contributed by atoms with Crippen LogP contribution in [0.15, 0.2) is 101 Å². The van der Waals surface area contributed by atoms with Crippen molar-refractivity contribution >= 4 is 21.8 Å². The van der Waals surface area contributed by atoms with Gasteiger partial charge in [-0.1, -0.05) is 46.3 Å². The summed E-state index contributed by atoms with van der Waals surface area (Å²) in [6.07, 6.45) is 3.35. The van der Waals surface area contributed by atoms with Crippen molar-refractivity contribution in [2.24, 2.45) is 0 Å². The molecule has 0 saturated heterocycles. The van der Waals surface area contributed by atoms with Crippen LogP contribution in [0.4, 0.5) is 0 Å². The Bertz CT molecular complexity index is 1270. The van der Waals surface area contributed by atoms with Crippen LogP contribution in [0.25, 0.3) is 0 Å². The van der Waals surface area contributed by atoms with E-state index in [9.17, 15) is 9.59 Å². The molecular formula is C25H20BrN3O3. The summed E-state index contributed by atoms with van der Waals surface area (Å²) in [5.41, 5.74) is 2.27. The van der Waals surface area contributed by atoms with E-state index in [0.29, 0.717) is 24.4 Å². The first-order chi connectivity index (χ1) is 15.6. The van der Waals surface area contributed by atoms with Gasteiger partial charge in [0.05, 0.1) is 6.54 Å². The molecule has 2 aromatic carbocycles. The van der Waals surface area contributed by atoms with E-state index in [1.807, 2.05) is 42.5 Å². The SMILES string of the molecule is O=C(NCc1ccc(Cn2ccccc2=O)cc1)c1cccnc1Oc1ccc(Br)cc1. The maximum Gasteiger partial charge on any atom is 0.257 e. The van der Waals surface area contributed by atoms with Gasteiger partial charge in [-0.3, -0.25) is 9.59 Å². The van der Waals surface area contributed by atoms with Crippen molar-refractivity contribution in [3.8, 4) is 11.6 Å². The van der Waals surface area contributed by atoms with Gasteiger partial charge in [0.25, 0.3) is 11.5 Å². The summed E-state index contributed by atoms with van der Waals surface area (Å²) in [5, 5.41) is 2.91. The number of nitrogens with one attached hydrogen (secondary N) is 1. The summed E-state index contributed by atoms with van der Waals surface area (Å²) in [4.78, 5) is 28.8. The lowest BCUT2D eigenvalue weighted by Crippen LogP contribution is -2.23. The van der Waals surface area contributed by atoms with Crippen molar-refractivity contribution in [1.29, 1.82) is 0 Å². The summed E-state index contributed by atoms with van der Waals surface area (Å²) >= 11 is 3.38. The fourth-order valence-electron chi connectivity index (χ4n) is 3.09. The molecule has 2 aromatic heterocycles. The molecule has 6 nitrogen and oxygen atoms in total. The normalized spacial score (nSPS) is 10.5. The second-order valence-corrected chi connectivity index (χ2v) is 7.99. The molecule has 4 rings (SSSR count). The monoisotopic (exact) mass is 489 g/mol. The summed E-state index contributed by atoms with van der Waals surface area (Å²) in [6, 6.07) is 23.6. The summed E-state index contributed by atoms with van der Waals surface area (Å²) in [7, 11) is 0. The Hall–Kier alpha value is -3.71. The van der Waals surface area contributed by atoms with E-state index in [4.69, 9.17) is 4.74 Å². The van der Waals surface area contributed by atoms with Crippen LogP contribution in [0, 0.1) is 0 Å². The second kappa shape index (κ2) is 10.1. The lowest BCUT2D eigenvalue weighted by atomic mass is 10.1. The number of halogens is 1. The Morgan fingerprint density at radius 1 is 0.938 bits per heavy atom. The first kappa shape index (κ1) is 21.5. The van der Waals surface area contributed by atoms with Crippen molar-refractivity contribution in [1.82, 2.24) is 14.9 Å². The number of carbonyl (C=O) groups is 1. The third-order valence-corrected chi connectivity index (χ3v) is 5.30. The maximum absolute atomic E-state index is 12.8. The van der Waals surface area contributed by atoms with E-state index in [1.54, 1.807) is 47.3 Å². The largest absolute Gasteiger partial charge is 0.438 e. The van der Waals surface area contributed by atoms with Crippen LogP contribution in [0.1, 0.15) is 21.5 Å². The number of hydrogen-bond donors (Lipinski definition) is 1. The molecule has 0 aliphatic carbocycles. The molecule has 0 saturated carbocycles. The van der Waals surface area contributed by atoms with E-state index in [0.717, 1.165) is 15.6 Å². The summed E-state index contributed by atoms with van der Waals surface area (Å²) < 4.78 is 8.38. The lowest BCUT2D eigenvalue weighted by Gasteiger charge is -2.11. The number of pyridine rings is 2. The summed E-state index contributed by atoms with van der Waals surface area (Å²) in [6.45, 7) is 0.857. The number of hydrogen-bond acceptors (Lipinski definition) is 4. The lowest BCUT2D eigenvalue weighted by molar-refractivity contribution is 0.0948. The maximum atomic E-state index is 12.8. The van der Waals surface area contributed by atoms with Gasteiger partial charge in [-0.2, -0.15) is 0 Å². The first-order valence-corrected chi connectivity index (χ1v) is 10.8. The quantitative estimate of drug-likeness (QED) is 0.405. The van der Waals surface area contributed by atoms with Gasteiger partial charge in [0.1, 0.15) is 11.3 Å². The van der Waals surface area contributed by atoms with Crippen LogP contribution in [0.5, 0.6) is 11.6 Å². The minimum atomic E-state index is -0.273. The molecule has 32 heavy (non-hydrogen) atoms. The van der Waals surface area contributed by atoms with E-state index < -0.39 is 0 Å². The third kappa shape index (κ3) is 5.50. The minimum Gasteiger partial charge on any atom is -0.438 e. The highest BCUT2D eigenvalue weighted by atomic mass is 79.9. The predicted octanol–water partition coefficient (Wildman–Crippen LogP) is 4.78. The molecule has 160 valence electrons. The predicted molar refractivity (Wildman–Crippen MR) is 126 cm³/mol. The van der Waals surface area contributed by atoms with Gasteiger partial charge in [0, 0.05) is 29.5 Å². The molecule has 1 N–H and O–H groups in total. The topological polar surface area (TPSA) is 73.2 Å². The molecule has 0 atom stereocenters. The molecule has 0 unspecified atom stereocenters. The Balaban J connectivity index is 1.39. The Labute approximate surface area is 193 Å². The molecule has 4 aromatic rings. The molecule has 1 amide bonds. The highest BCUT2D eigenvalue weighted by molar-refractivity contribution is 9.10. The molecule has 7 heteroatoms. The average molecular weight is 490 g/mol. The van der Waals surface area contributed by atoms with Gasteiger partial charge in [0.15, 0.2) is 0 Å². The highest BCUT2D eigenvalue weighted by Crippen LogP contribution is 2.24. The zero-order valence-electron chi connectivity index (χ0n) is 17.1. The number of amides is 1. The van der Waals surface area contributed by atoms with Gasteiger partial charge >= 0.3 is 0 Å². The van der Waals surface area contributed by atoms with Crippen LogP contribution in [0.3, 0.4) is 0 Å². The number of benzene rings is 2. The Morgan fingerprint density at radius 2 is 1.69 bits per heavy atom. The minimum absolute atomic E-state index is 0.0403. The third-order valence-electron chi connectivity index (χ3n) is 4.77. The molecule has 2 heterocycles. The van der Waals surface area contributed by atoms with E-state index >= 15 is 0 Å². The molecule has 0 aliphatic heterocycles.